The summed E-state index contributed by atoms with van der Waals surface area (Å²) < 4.78 is 5.44. The molecule has 0 aliphatic carbocycles. The molecule has 1 atom stereocenters. The molecule has 0 radical (unpaired) electrons. The molecule has 0 aliphatic heterocycles. The van der Waals surface area contributed by atoms with Crippen LogP contribution in [0.4, 0.5) is 5.13 Å². The Labute approximate surface area is 186 Å². The van der Waals surface area contributed by atoms with Gasteiger partial charge in [0, 0.05) is 10.9 Å². The highest BCUT2D eigenvalue weighted by Crippen LogP contribution is 2.33. The number of hydrogen-bond donors (Lipinski definition) is 2. The van der Waals surface area contributed by atoms with Crippen molar-refractivity contribution in [1.82, 2.24) is 10.3 Å². The maximum atomic E-state index is 12.9. The number of aromatic nitrogens is 1. The van der Waals surface area contributed by atoms with Gasteiger partial charge in [-0.15, -0.1) is 11.3 Å². The van der Waals surface area contributed by atoms with Crippen LogP contribution in [0.3, 0.4) is 0 Å². The lowest BCUT2D eigenvalue weighted by atomic mass is 10.0. The Morgan fingerprint density at radius 2 is 1.87 bits per heavy atom. The number of aryl methyl sites for hydroxylation is 1. The molecule has 6 nitrogen and oxygen atoms in total. The number of benzene rings is 2. The molecule has 2 N–H and O–H groups in total. The molecule has 1 heterocycles. The van der Waals surface area contributed by atoms with Crippen LogP contribution in [-0.2, 0) is 16.0 Å². The zero-order valence-electron chi connectivity index (χ0n) is 18.1. The van der Waals surface area contributed by atoms with Crippen LogP contribution in [0.15, 0.2) is 53.9 Å². The lowest BCUT2D eigenvalue weighted by Crippen LogP contribution is -2.47. The summed E-state index contributed by atoms with van der Waals surface area (Å²) in [4.78, 5) is 29.9. The van der Waals surface area contributed by atoms with Crippen LogP contribution in [0.25, 0.3) is 11.3 Å². The van der Waals surface area contributed by atoms with E-state index < -0.39 is 6.04 Å². The molecule has 0 bridgehead atoms. The van der Waals surface area contributed by atoms with Gasteiger partial charge in [-0.25, -0.2) is 4.98 Å². The largest absolute Gasteiger partial charge is 0.496 e. The number of methoxy groups -OCH3 is 1. The minimum absolute atomic E-state index is 0.0731. The van der Waals surface area contributed by atoms with Crippen LogP contribution in [0.2, 0.25) is 0 Å². The average molecular weight is 438 g/mol. The van der Waals surface area contributed by atoms with E-state index in [2.05, 4.69) is 15.6 Å². The standard InChI is InChI=1S/C24H27N3O3S/c1-15(2)22(26-21(28)13-17-8-6-5-7-9-17)23(29)27-24-25-19(14-31-24)18-12-16(3)10-11-20(18)30-4/h5-12,14-15,22H,13H2,1-4H3,(H,26,28)(H,25,27,29)/t22-/m0/s1. The molecule has 3 rings (SSSR count). The molecule has 162 valence electrons. The van der Waals surface area contributed by atoms with Crippen molar-refractivity contribution in [3.8, 4) is 17.0 Å². The molecule has 1 aromatic heterocycles. The first-order valence-electron chi connectivity index (χ1n) is 10.1. The molecule has 31 heavy (non-hydrogen) atoms. The van der Waals surface area contributed by atoms with Crippen LogP contribution in [-0.4, -0.2) is 29.9 Å². The van der Waals surface area contributed by atoms with E-state index in [0.29, 0.717) is 5.13 Å². The molecule has 0 saturated heterocycles. The zero-order chi connectivity index (χ0) is 22.4. The van der Waals surface area contributed by atoms with Gasteiger partial charge in [-0.05, 0) is 30.5 Å². The van der Waals surface area contributed by atoms with E-state index >= 15 is 0 Å². The van der Waals surface area contributed by atoms with Crippen LogP contribution in [0.5, 0.6) is 5.75 Å². The fourth-order valence-corrected chi connectivity index (χ4v) is 3.91. The van der Waals surface area contributed by atoms with E-state index in [4.69, 9.17) is 4.74 Å². The van der Waals surface area contributed by atoms with Gasteiger partial charge in [-0.2, -0.15) is 0 Å². The van der Waals surface area contributed by atoms with Crippen molar-refractivity contribution < 1.29 is 14.3 Å². The maximum absolute atomic E-state index is 12.9. The van der Waals surface area contributed by atoms with Crippen LogP contribution >= 0.6 is 11.3 Å². The van der Waals surface area contributed by atoms with E-state index in [1.54, 1.807) is 7.11 Å². The Kier molecular flexibility index (Phi) is 7.41. The molecule has 2 aromatic carbocycles. The molecule has 0 fully saturated rings. The Bertz CT molecular complexity index is 1050. The smallest absolute Gasteiger partial charge is 0.248 e. The Hall–Kier alpha value is -3.19. The molecule has 0 spiro atoms. The molecule has 7 heteroatoms. The highest BCUT2D eigenvalue weighted by Gasteiger charge is 2.25. The number of amides is 2. The average Bonchev–Trinajstić information content (AvgIpc) is 3.20. The maximum Gasteiger partial charge on any atom is 0.248 e. The summed E-state index contributed by atoms with van der Waals surface area (Å²) in [6.07, 6.45) is 0.228. The first kappa shape index (κ1) is 22.5. The summed E-state index contributed by atoms with van der Waals surface area (Å²) >= 11 is 1.34. The molecule has 0 saturated carbocycles. The molecule has 3 aromatic rings. The Balaban J connectivity index is 1.69. The molecule has 0 aliphatic rings. The van der Waals surface area contributed by atoms with Gasteiger partial charge >= 0.3 is 0 Å². The minimum Gasteiger partial charge on any atom is -0.496 e. The summed E-state index contributed by atoms with van der Waals surface area (Å²) in [6.45, 7) is 5.80. The number of ether oxygens (including phenoxy) is 1. The topological polar surface area (TPSA) is 80.3 Å². The molecular weight excluding hydrogens is 410 g/mol. The summed E-state index contributed by atoms with van der Waals surface area (Å²) in [5.41, 5.74) is 3.60. The summed E-state index contributed by atoms with van der Waals surface area (Å²) in [7, 11) is 1.62. The highest BCUT2D eigenvalue weighted by atomic mass is 32.1. The van der Waals surface area contributed by atoms with Crippen molar-refractivity contribution >= 4 is 28.3 Å². The molecule has 0 unspecified atom stereocenters. The number of nitrogens with zero attached hydrogens (tertiary/aromatic N) is 1. The van der Waals surface area contributed by atoms with Crippen molar-refractivity contribution in [2.24, 2.45) is 5.92 Å². The summed E-state index contributed by atoms with van der Waals surface area (Å²) in [5.74, 6) is 0.177. The number of nitrogens with one attached hydrogen (secondary N) is 2. The number of carbonyl (C=O) groups is 2. The Morgan fingerprint density at radius 1 is 1.13 bits per heavy atom. The van der Waals surface area contributed by atoms with Gasteiger partial charge in [0.05, 0.1) is 19.2 Å². The second-order valence-corrected chi connectivity index (χ2v) is 8.54. The summed E-state index contributed by atoms with van der Waals surface area (Å²) in [6, 6.07) is 14.7. The van der Waals surface area contributed by atoms with Crippen molar-refractivity contribution in [3.05, 3.63) is 65.0 Å². The number of hydrogen-bond acceptors (Lipinski definition) is 5. The van der Waals surface area contributed by atoms with Gasteiger partial charge in [0.1, 0.15) is 11.8 Å². The fourth-order valence-electron chi connectivity index (χ4n) is 3.20. The van der Waals surface area contributed by atoms with Gasteiger partial charge in [0.2, 0.25) is 11.8 Å². The van der Waals surface area contributed by atoms with Crippen molar-refractivity contribution in [2.45, 2.75) is 33.2 Å². The SMILES string of the molecule is COc1ccc(C)cc1-c1csc(NC(=O)[C@@H](NC(=O)Cc2ccccc2)C(C)C)n1. The van der Waals surface area contributed by atoms with E-state index in [9.17, 15) is 9.59 Å². The third-order valence-corrected chi connectivity index (χ3v) is 5.60. The number of thiazole rings is 1. The second kappa shape index (κ2) is 10.2. The number of anilines is 1. The monoisotopic (exact) mass is 437 g/mol. The minimum atomic E-state index is -0.655. The van der Waals surface area contributed by atoms with Crippen molar-refractivity contribution in [2.75, 3.05) is 12.4 Å². The van der Waals surface area contributed by atoms with Crippen LogP contribution in [0.1, 0.15) is 25.0 Å². The first-order valence-corrected chi connectivity index (χ1v) is 11.0. The third kappa shape index (κ3) is 5.92. The lowest BCUT2D eigenvalue weighted by molar-refractivity contribution is -0.127. The second-order valence-electron chi connectivity index (χ2n) is 7.68. The summed E-state index contributed by atoms with van der Waals surface area (Å²) in [5, 5.41) is 8.06. The van der Waals surface area contributed by atoms with E-state index in [1.165, 1.54) is 11.3 Å². The Morgan fingerprint density at radius 3 is 2.55 bits per heavy atom. The van der Waals surface area contributed by atoms with Gasteiger partial charge < -0.3 is 15.4 Å². The highest BCUT2D eigenvalue weighted by molar-refractivity contribution is 7.14. The van der Waals surface area contributed by atoms with E-state index in [1.807, 2.05) is 74.7 Å². The van der Waals surface area contributed by atoms with Crippen LogP contribution in [0, 0.1) is 12.8 Å². The van der Waals surface area contributed by atoms with Crippen LogP contribution < -0.4 is 15.4 Å². The van der Waals surface area contributed by atoms with Crippen molar-refractivity contribution in [1.29, 1.82) is 0 Å². The quantitative estimate of drug-likeness (QED) is 0.546. The first-order chi connectivity index (χ1) is 14.9. The molecule has 2 amide bonds. The zero-order valence-corrected chi connectivity index (χ0v) is 19.0. The lowest BCUT2D eigenvalue weighted by Gasteiger charge is -2.21. The predicted molar refractivity (Wildman–Crippen MR) is 124 cm³/mol. The van der Waals surface area contributed by atoms with Gasteiger partial charge in [0.25, 0.3) is 0 Å². The van der Waals surface area contributed by atoms with Gasteiger partial charge in [0.15, 0.2) is 5.13 Å². The van der Waals surface area contributed by atoms with Crippen molar-refractivity contribution in [3.63, 3.8) is 0 Å². The normalized spacial score (nSPS) is 11.8. The van der Waals surface area contributed by atoms with E-state index in [-0.39, 0.29) is 24.2 Å². The molecular formula is C24H27N3O3S. The fraction of sp³-hybridized carbons (Fsp3) is 0.292. The number of carbonyl (C=O) groups excluding carboxylic acids is 2. The van der Waals surface area contributed by atoms with Gasteiger partial charge in [-0.1, -0.05) is 55.8 Å². The predicted octanol–water partition coefficient (Wildman–Crippen LogP) is 4.45. The van der Waals surface area contributed by atoms with Gasteiger partial charge in [-0.3, -0.25) is 9.59 Å². The third-order valence-electron chi connectivity index (χ3n) is 4.84. The van der Waals surface area contributed by atoms with E-state index in [0.717, 1.165) is 28.1 Å². The number of rotatable bonds is 8.